The summed E-state index contributed by atoms with van der Waals surface area (Å²) in [6.07, 6.45) is 1.65. The monoisotopic (exact) mass is 370 g/mol. The second-order valence-electron chi connectivity index (χ2n) is 3.91. The molecular formula is C13H12Br2N2O. The molecule has 18 heavy (non-hydrogen) atoms. The molecule has 0 bridgehead atoms. The normalized spacial score (nSPS) is 12.7. The van der Waals surface area contributed by atoms with Gasteiger partial charge in [0.15, 0.2) is 0 Å². The molecule has 0 N–H and O–H groups in total. The van der Waals surface area contributed by atoms with Crippen LogP contribution < -0.4 is 0 Å². The van der Waals surface area contributed by atoms with E-state index in [0.29, 0.717) is 5.69 Å². The van der Waals surface area contributed by atoms with Gasteiger partial charge in [-0.1, -0.05) is 62.2 Å². The Hall–Kier alpha value is -0.940. The van der Waals surface area contributed by atoms with Crippen molar-refractivity contribution in [1.29, 1.82) is 0 Å². The van der Waals surface area contributed by atoms with E-state index in [2.05, 4.69) is 37.0 Å². The standard InChI is InChI=1S/C13H12Br2N2O/c1-9(10-5-3-2-4-6-10)17-11(7-8-16-17)12(18)13(14)15/h2-9,13H,1H3/t9-/m1/s1. The molecule has 0 spiro atoms. The molecule has 1 aromatic carbocycles. The van der Waals surface area contributed by atoms with Gasteiger partial charge < -0.3 is 0 Å². The number of ketones is 1. The van der Waals surface area contributed by atoms with Crippen LogP contribution in [-0.4, -0.2) is 19.3 Å². The lowest BCUT2D eigenvalue weighted by molar-refractivity contribution is 0.100. The highest BCUT2D eigenvalue weighted by molar-refractivity contribution is 9.25. The number of carbonyl (C=O) groups is 1. The third kappa shape index (κ3) is 2.72. The maximum Gasteiger partial charge on any atom is 0.205 e. The summed E-state index contributed by atoms with van der Waals surface area (Å²) in [4.78, 5) is 12.0. The van der Waals surface area contributed by atoms with Crippen LogP contribution in [-0.2, 0) is 0 Å². The minimum absolute atomic E-state index is 0.0268. The smallest absolute Gasteiger partial charge is 0.205 e. The first kappa shape index (κ1) is 13.5. The lowest BCUT2D eigenvalue weighted by atomic mass is 10.1. The zero-order valence-corrected chi connectivity index (χ0v) is 12.9. The average Bonchev–Trinajstić information content (AvgIpc) is 2.87. The Kier molecular flexibility index (Phi) is 4.35. The van der Waals surface area contributed by atoms with Crippen molar-refractivity contribution in [3.63, 3.8) is 0 Å². The van der Waals surface area contributed by atoms with Crippen LogP contribution in [0, 0.1) is 0 Å². The summed E-state index contributed by atoms with van der Waals surface area (Å²) in [5, 5.41) is 4.25. The van der Waals surface area contributed by atoms with Crippen LogP contribution in [0.4, 0.5) is 0 Å². The van der Waals surface area contributed by atoms with Crippen LogP contribution in [0.1, 0.15) is 29.0 Å². The highest BCUT2D eigenvalue weighted by atomic mass is 79.9. The Balaban J connectivity index is 2.35. The molecule has 0 radical (unpaired) electrons. The van der Waals surface area contributed by atoms with Crippen molar-refractivity contribution >= 4 is 37.6 Å². The van der Waals surface area contributed by atoms with Gasteiger partial charge in [0.1, 0.15) is 9.43 Å². The van der Waals surface area contributed by atoms with E-state index in [1.165, 1.54) is 0 Å². The Bertz CT molecular complexity index is 537. The van der Waals surface area contributed by atoms with E-state index in [-0.39, 0.29) is 15.6 Å². The van der Waals surface area contributed by atoms with E-state index in [1.54, 1.807) is 16.9 Å². The van der Waals surface area contributed by atoms with Gasteiger partial charge in [0.2, 0.25) is 5.78 Å². The van der Waals surface area contributed by atoms with Crippen molar-refractivity contribution in [1.82, 2.24) is 9.78 Å². The van der Waals surface area contributed by atoms with Crippen LogP contribution in [0.25, 0.3) is 0 Å². The number of Topliss-reactive ketones (excluding diaryl/α,β-unsaturated/α-hetero) is 1. The van der Waals surface area contributed by atoms with E-state index in [4.69, 9.17) is 0 Å². The SMILES string of the molecule is C[C@H](c1ccccc1)n1nccc1C(=O)C(Br)Br. The van der Waals surface area contributed by atoms with Crippen LogP contribution >= 0.6 is 31.9 Å². The molecule has 0 aliphatic heterocycles. The van der Waals surface area contributed by atoms with Crippen molar-refractivity contribution in [2.45, 2.75) is 16.7 Å². The molecule has 94 valence electrons. The zero-order chi connectivity index (χ0) is 13.1. The largest absolute Gasteiger partial charge is 0.290 e. The number of aromatic nitrogens is 2. The molecule has 0 amide bonds. The van der Waals surface area contributed by atoms with Gasteiger partial charge in [-0.2, -0.15) is 5.10 Å². The fourth-order valence-electron chi connectivity index (χ4n) is 1.80. The van der Waals surface area contributed by atoms with Crippen LogP contribution in [0.5, 0.6) is 0 Å². The van der Waals surface area contributed by atoms with Crippen molar-refractivity contribution in [3.05, 3.63) is 53.9 Å². The van der Waals surface area contributed by atoms with Gasteiger partial charge in [0.25, 0.3) is 0 Å². The number of hydrogen-bond donors (Lipinski definition) is 0. The fraction of sp³-hybridized carbons (Fsp3) is 0.231. The lowest BCUT2D eigenvalue weighted by Crippen LogP contribution is -2.18. The Labute approximate surface area is 122 Å². The summed E-state index contributed by atoms with van der Waals surface area (Å²) in [7, 11) is 0. The highest BCUT2D eigenvalue weighted by Crippen LogP contribution is 2.22. The van der Waals surface area contributed by atoms with Gasteiger partial charge in [-0.05, 0) is 18.6 Å². The lowest BCUT2D eigenvalue weighted by Gasteiger charge is -2.15. The minimum atomic E-state index is -0.386. The summed E-state index contributed by atoms with van der Waals surface area (Å²) >= 11 is 6.45. The summed E-state index contributed by atoms with van der Waals surface area (Å²) in [5.41, 5.74) is 1.71. The minimum Gasteiger partial charge on any atom is -0.290 e. The van der Waals surface area contributed by atoms with E-state index in [9.17, 15) is 4.79 Å². The highest BCUT2D eigenvalue weighted by Gasteiger charge is 2.21. The van der Waals surface area contributed by atoms with Crippen molar-refractivity contribution in [2.75, 3.05) is 0 Å². The molecule has 2 aromatic rings. The molecule has 2 rings (SSSR count). The van der Waals surface area contributed by atoms with Crippen molar-refractivity contribution in [3.8, 4) is 0 Å². The Morgan fingerprint density at radius 2 is 1.89 bits per heavy atom. The summed E-state index contributed by atoms with van der Waals surface area (Å²) in [5.74, 6) is -0.0321. The number of hydrogen-bond acceptors (Lipinski definition) is 2. The van der Waals surface area contributed by atoms with Crippen LogP contribution in [0.3, 0.4) is 0 Å². The summed E-state index contributed by atoms with van der Waals surface area (Å²) in [6, 6.07) is 11.7. The number of rotatable bonds is 4. The molecule has 3 nitrogen and oxygen atoms in total. The number of carbonyl (C=O) groups excluding carboxylic acids is 1. The van der Waals surface area contributed by atoms with Gasteiger partial charge >= 0.3 is 0 Å². The molecule has 5 heteroatoms. The predicted molar refractivity (Wildman–Crippen MR) is 78.5 cm³/mol. The maximum atomic E-state index is 12.0. The quantitative estimate of drug-likeness (QED) is 0.605. The van der Waals surface area contributed by atoms with Crippen LogP contribution in [0.2, 0.25) is 0 Å². The molecule has 0 unspecified atom stereocenters. The third-order valence-electron chi connectivity index (χ3n) is 2.77. The van der Waals surface area contributed by atoms with Gasteiger partial charge in [-0.15, -0.1) is 0 Å². The number of halogens is 2. The molecule has 1 aromatic heterocycles. The second kappa shape index (κ2) is 5.80. The molecule has 1 atom stereocenters. The number of nitrogens with zero attached hydrogens (tertiary/aromatic N) is 2. The molecule has 0 aliphatic carbocycles. The molecule has 0 saturated heterocycles. The molecular weight excluding hydrogens is 360 g/mol. The Morgan fingerprint density at radius 3 is 2.50 bits per heavy atom. The van der Waals surface area contributed by atoms with Gasteiger partial charge in [-0.3, -0.25) is 9.48 Å². The first-order chi connectivity index (χ1) is 8.61. The number of alkyl halides is 2. The van der Waals surface area contributed by atoms with Crippen molar-refractivity contribution in [2.24, 2.45) is 0 Å². The zero-order valence-electron chi connectivity index (χ0n) is 9.75. The molecule has 0 saturated carbocycles. The number of benzene rings is 1. The summed E-state index contributed by atoms with van der Waals surface area (Å²) < 4.78 is 1.36. The first-order valence-electron chi connectivity index (χ1n) is 5.52. The van der Waals surface area contributed by atoms with E-state index in [0.717, 1.165) is 5.56 Å². The first-order valence-corrected chi connectivity index (χ1v) is 7.35. The topological polar surface area (TPSA) is 34.9 Å². The third-order valence-corrected chi connectivity index (χ3v) is 3.60. The second-order valence-corrected chi connectivity index (χ2v) is 6.97. The van der Waals surface area contributed by atoms with E-state index >= 15 is 0 Å². The Morgan fingerprint density at radius 1 is 1.22 bits per heavy atom. The molecule has 0 aliphatic rings. The predicted octanol–water partition coefficient (Wildman–Crippen LogP) is 3.79. The van der Waals surface area contributed by atoms with Gasteiger partial charge in [-0.25, -0.2) is 0 Å². The summed E-state index contributed by atoms with van der Waals surface area (Å²) in [6.45, 7) is 2.02. The van der Waals surface area contributed by atoms with E-state index < -0.39 is 0 Å². The van der Waals surface area contributed by atoms with Gasteiger partial charge in [0, 0.05) is 6.20 Å². The average molecular weight is 372 g/mol. The van der Waals surface area contributed by atoms with E-state index in [1.807, 2.05) is 37.3 Å². The molecule has 1 heterocycles. The van der Waals surface area contributed by atoms with Crippen molar-refractivity contribution < 1.29 is 4.79 Å². The van der Waals surface area contributed by atoms with Crippen LogP contribution in [0.15, 0.2) is 42.6 Å². The fourth-order valence-corrected chi connectivity index (χ4v) is 2.27. The van der Waals surface area contributed by atoms with Gasteiger partial charge in [0.05, 0.1) is 6.04 Å². The maximum absolute atomic E-state index is 12.0. The molecule has 0 fully saturated rings.